The second-order valence-electron chi connectivity index (χ2n) is 9.04. The Labute approximate surface area is 175 Å². The first kappa shape index (κ1) is 20.0. The summed E-state index contributed by atoms with van der Waals surface area (Å²) in [5.41, 5.74) is 3.58. The first-order valence-corrected chi connectivity index (χ1v) is 10.9. The standard InChI is InChI=1S/C25H33N3O/c1-26(2)23-11-6-10-22(18-23)24(29)28-17-14-25(20-28)13-7-15-27(19-25)16-12-21-8-4-3-5-9-21/h3-6,8-11,18H,7,12-17,19-20H2,1-2H3/t25-/m0/s1. The van der Waals surface area contributed by atoms with Crippen molar-refractivity contribution in [3.05, 3.63) is 65.7 Å². The number of hydrogen-bond donors (Lipinski definition) is 0. The van der Waals surface area contributed by atoms with Gasteiger partial charge in [-0.05, 0) is 56.0 Å². The Bertz CT molecular complexity index is 835. The molecule has 2 heterocycles. The summed E-state index contributed by atoms with van der Waals surface area (Å²) in [5.74, 6) is 0.187. The number of carbonyl (C=O) groups excluding carboxylic acids is 1. The van der Waals surface area contributed by atoms with Gasteiger partial charge < -0.3 is 14.7 Å². The Morgan fingerprint density at radius 3 is 2.62 bits per heavy atom. The van der Waals surface area contributed by atoms with Crippen LogP contribution in [0.2, 0.25) is 0 Å². The van der Waals surface area contributed by atoms with Gasteiger partial charge in [-0.2, -0.15) is 0 Å². The van der Waals surface area contributed by atoms with Crippen LogP contribution in [0, 0.1) is 5.41 Å². The minimum Gasteiger partial charge on any atom is -0.378 e. The molecule has 154 valence electrons. The van der Waals surface area contributed by atoms with Gasteiger partial charge in [0, 0.05) is 56.9 Å². The van der Waals surface area contributed by atoms with Crippen LogP contribution in [0.25, 0.3) is 0 Å². The topological polar surface area (TPSA) is 26.8 Å². The van der Waals surface area contributed by atoms with Crippen LogP contribution in [0.15, 0.2) is 54.6 Å². The highest BCUT2D eigenvalue weighted by molar-refractivity contribution is 5.95. The monoisotopic (exact) mass is 391 g/mol. The van der Waals surface area contributed by atoms with Crippen LogP contribution in [0.3, 0.4) is 0 Å². The second kappa shape index (κ2) is 8.58. The fourth-order valence-electron chi connectivity index (χ4n) is 4.97. The van der Waals surface area contributed by atoms with Crippen molar-refractivity contribution in [1.82, 2.24) is 9.80 Å². The third-order valence-electron chi connectivity index (χ3n) is 6.64. The van der Waals surface area contributed by atoms with Gasteiger partial charge in [0.25, 0.3) is 5.91 Å². The molecule has 0 aliphatic carbocycles. The highest BCUT2D eigenvalue weighted by Crippen LogP contribution is 2.39. The van der Waals surface area contributed by atoms with E-state index in [-0.39, 0.29) is 11.3 Å². The van der Waals surface area contributed by atoms with E-state index in [1.54, 1.807) is 0 Å². The van der Waals surface area contributed by atoms with E-state index in [4.69, 9.17) is 0 Å². The molecule has 1 amide bonds. The van der Waals surface area contributed by atoms with Crippen LogP contribution in [-0.2, 0) is 6.42 Å². The van der Waals surface area contributed by atoms with Gasteiger partial charge in [0.2, 0.25) is 0 Å². The van der Waals surface area contributed by atoms with Gasteiger partial charge in [-0.25, -0.2) is 0 Å². The van der Waals surface area contributed by atoms with Crippen LogP contribution in [0.5, 0.6) is 0 Å². The molecule has 4 nitrogen and oxygen atoms in total. The smallest absolute Gasteiger partial charge is 0.253 e. The summed E-state index contributed by atoms with van der Waals surface area (Å²) in [5, 5.41) is 0. The Morgan fingerprint density at radius 2 is 1.83 bits per heavy atom. The van der Waals surface area contributed by atoms with E-state index >= 15 is 0 Å². The Balaban J connectivity index is 1.37. The summed E-state index contributed by atoms with van der Waals surface area (Å²) < 4.78 is 0. The summed E-state index contributed by atoms with van der Waals surface area (Å²) in [6.07, 6.45) is 4.73. The molecule has 2 fully saturated rings. The fraction of sp³-hybridized carbons (Fsp3) is 0.480. The van der Waals surface area contributed by atoms with Crippen LogP contribution in [-0.4, -0.2) is 62.5 Å². The number of rotatable bonds is 5. The summed E-state index contributed by atoms with van der Waals surface area (Å²) in [6.45, 7) is 5.22. The molecule has 0 bridgehead atoms. The van der Waals surface area contributed by atoms with Crippen molar-refractivity contribution < 1.29 is 4.79 Å². The lowest BCUT2D eigenvalue weighted by molar-refractivity contribution is 0.0692. The van der Waals surface area contributed by atoms with Crippen molar-refractivity contribution in [2.45, 2.75) is 25.7 Å². The van der Waals surface area contributed by atoms with Gasteiger partial charge in [-0.15, -0.1) is 0 Å². The molecule has 0 unspecified atom stereocenters. The van der Waals surface area contributed by atoms with E-state index in [9.17, 15) is 4.79 Å². The average molecular weight is 392 g/mol. The fourth-order valence-corrected chi connectivity index (χ4v) is 4.97. The Morgan fingerprint density at radius 1 is 1.00 bits per heavy atom. The van der Waals surface area contributed by atoms with E-state index in [0.29, 0.717) is 0 Å². The van der Waals surface area contributed by atoms with Crippen LogP contribution < -0.4 is 4.90 Å². The molecule has 0 saturated carbocycles. The van der Waals surface area contributed by atoms with Crippen LogP contribution >= 0.6 is 0 Å². The molecule has 1 spiro atoms. The van der Waals surface area contributed by atoms with E-state index in [0.717, 1.165) is 50.3 Å². The number of likely N-dealkylation sites (tertiary alicyclic amines) is 2. The molecular weight excluding hydrogens is 358 g/mol. The molecule has 2 aliphatic heterocycles. The van der Waals surface area contributed by atoms with Crippen molar-refractivity contribution in [2.24, 2.45) is 5.41 Å². The van der Waals surface area contributed by atoms with Crippen molar-refractivity contribution in [2.75, 3.05) is 51.7 Å². The molecule has 2 saturated heterocycles. The third-order valence-corrected chi connectivity index (χ3v) is 6.64. The number of hydrogen-bond acceptors (Lipinski definition) is 3. The van der Waals surface area contributed by atoms with Gasteiger partial charge in [0.15, 0.2) is 0 Å². The molecule has 2 aliphatic rings. The molecule has 0 aromatic heterocycles. The SMILES string of the molecule is CN(C)c1cccc(C(=O)N2CC[C@]3(CCCN(CCc4ccccc4)C3)C2)c1. The summed E-state index contributed by atoms with van der Waals surface area (Å²) in [4.78, 5) is 19.9. The zero-order chi connectivity index (χ0) is 20.3. The van der Waals surface area contributed by atoms with Crippen molar-refractivity contribution in [1.29, 1.82) is 0 Å². The molecule has 1 atom stereocenters. The molecule has 29 heavy (non-hydrogen) atoms. The van der Waals surface area contributed by atoms with Gasteiger partial charge in [0.1, 0.15) is 0 Å². The minimum absolute atomic E-state index is 0.187. The summed E-state index contributed by atoms with van der Waals surface area (Å²) in [6, 6.07) is 18.8. The average Bonchev–Trinajstić information content (AvgIpc) is 3.15. The van der Waals surface area contributed by atoms with E-state index < -0.39 is 0 Å². The molecule has 2 aromatic rings. The number of amides is 1. The molecule has 4 heteroatoms. The Hall–Kier alpha value is -2.33. The molecule has 0 radical (unpaired) electrons. The zero-order valence-electron chi connectivity index (χ0n) is 17.8. The van der Waals surface area contributed by atoms with Crippen LogP contribution in [0.1, 0.15) is 35.2 Å². The molecule has 0 N–H and O–H groups in total. The maximum atomic E-state index is 13.1. The van der Waals surface area contributed by atoms with Gasteiger partial charge in [-0.1, -0.05) is 36.4 Å². The first-order valence-electron chi connectivity index (χ1n) is 10.9. The van der Waals surface area contributed by atoms with Crippen molar-refractivity contribution >= 4 is 11.6 Å². The maximum Gasteiger partial charge on any atom is 0.253 e. The third kappa shape index (κ3) is 4.64. The number of piperidine rings is 1. The van der Waals surface area contributed by atoms with E-state index in [1.165, 1.54) is 24.9 Å². The number of nitrogens with zero attached hydrogens (tertiary/aromatic N) is 3. The first-order chi connectivity index (χ1) is 14.0. The Kier molecular flexibility index (Phi) is 5.91. The van der Waals surface area contributed by atoms with Gasteiger partial charge in [-0.3, -0.25) is 4.79 Å². The normalized spacial score (nSPS) is 22.2. The summed E-state index contributed by atoms with van der Waals surface area (Å²) >= 11 is 0. The highest BCUT2D eigenvalue weighted by Gasteiger charge is 2.42. The zero-order valence-corrected chi connectivity index (χ0v) is 17.8. The minimum atomic E-state index is 0.187. The van der Waals surface area contributed by atoms with Crippen molar-refractivity contribution in [3.8, 4) is 0 Å². The van der Waals surface area contributed by atoms with Gasteiger partial charge >= 0.3 is 0 Å². The van der Waals surface area contributed by atoms with Gasteiger partial charge in [0.05, 0.1) is 0 Å². The molecule has 4 rings (SSSR count). The number of anilines is 1. The highest BCUT2D eigenvalue weighted by atomic mass is 16.2. The largest absolute Gasteiger partial charge is 0.378 e. The van der Waals surface area contributed by atoms with E-state index in [1.807, 2.05) is 43.3 Å². The van der Waals surface area contributed by atoms with E-state index in [2.05, 4.69) is 40.1 Å². The maximum absolute atomic E-state index is 13.1. The second-order valence-corrected chi connectivity index (χ2v) is 9.04. The van der Waals surface area contributed by atoms with Crippen LogP contribution in [0.4, 0.5) is 5.69 Å². The summed E-state index contributed by atoms with van der Waals surface area (Å²) in [7, 11) is 4.03. The lowest BCUT2D eigenvalue weighted by atomic mass is 9.79. The lowest BCUT2D eigenvalue weighted by Crippen LogP contribution is -2.46. The lowest BCUT2D eigenvalue weighted by Gasteiger charge is -2.40. The quantitative estimate of drug-likeness (QED) is 0.773. The number of carbonyl (C=O) groups is 1. The molecule has 2 aromatic carbocycles. The predicted octanol–water partition coefficient (Wildman–Crippen LogP) is 3.92. The number of benzene rings is 2. The molecular formula is C25H33N3O. The predicted molar refractivity (Wildman–Crippen MR) is 120 cm³/mol. The van der Waals surface area contributed by atoms with Crippen molar-refractivity contribution in [3.63, 3.8) is 0 Å².